The molecule has 1 aliphatic rings. The Morgan fingerprint density at radius 1 is 1.57 bits per heavy atom. The number of methoxy groups -OCH3 is 1. The lowest BCUT2D eigenvalue weighted by atomic mass is 10.1. The fourth-order valence-corrected chi connectivity index (χ4v) is 2.60. The number of nitrogens with zero attached hydrogens (tertiary/aromatic N) is 1. The molecule has 0 amide bonds. The van der Waals surface area contributed by atoms with Crippen LogP contribution in [0.5, 0.6) is 5.75 Å². The lowest BCUT2D eigenvalue weighted by molar-refractivity contribution is -0.0106. The summed E-state index contributed by atoms with van der Waals surface area (Å²) in [6.07, 6.45) is 2.20. The third-order valence-corrected chi connectivity index (χ3v) is 3.74. The second-order valence-corrected chi connectivity index (χ2v) is 6.15. The molecule has 1 aromatic carbocycles. The summed E-state index contributed by atoms with van der Waals surface area (Å²) < 4.78 is 11.0. The summed E-state index contributed by atoms with van der Waals surface area (Å²) in [7, 11) is 1.58. The van der Waals surface area contributed by atoms with E-state index in [0.29, 0.717) is 23.3 Å². The van der Waals surface area contributed by atoms with Gasteiger partial charge in [-0.3, -0.25) is 4.99 Å². The zero-order chi connectivity index (χ0) is 15.5. The van der Waals surface area contributed by atoms with Gasteiger partial charge in [0.1, 0.15) is 5.75 Å². The Morgan fingerprint density at radius 2 is 2.33 bits per heavy atom. The van der Waals surface area contributed by atoms with Crippen LogP contribution in [0.2, 0.25) is 5.02 Å². The fraction of sp³-hybridized carbons (Fsp3) is 0.533. The van der Waals surface area contributed by atoms with Crippen molar-refractivity contribution in [2.45, 2.75) is 38.4 Å². The third-order valence-electron chi connectivity index (χ3n) is 3.44. The number of nitrogens with two attached hydrogens (primary N) is 1. The quantitative estimate of drug-likeness (QED) is 0.662. The highest BCUT2D eigenvalue weighted by Gasteiger charge is 2.31. The van der Waals surface area contributed by atoms with Crippen LogP contribution in [0.3, 0.4) is 0 Å². The summed E-state index contributed by atoms with van der Waals surface area (Å²) in [6.45, 7) is 4.75. The molecule has 1 fully saturated rings. The van der Waals surface area contributed by atoms with E-state index in [0.717, 1.165) is 18.5 Å². The molecule has 6 heteroatoms. The van der Waals surface area contributed by atoms with Crippen LogP contribution < -0.4 is 15.8 Å². The van der Waals surface area contributed by atoms with Gasteiger partial charge in [-0.05, 0) is 44.9 Å². The zero-order valence-corrected chi connectivity index (χ0v) is 13.4. The monoisotopic (exact) mass is 311 g/mol. The molecular weight excluding hydrogens is 290 g/mol. The molecule has 0 saturated carbocycles. The van der Waals surface area contributed by atoms with Gasteiger partial charge in [-0.25, -0.2) is 0 Å². The summed E-state index contributed by atoms with van der Waals surface area (Å²) in [6, 6.07) is 5.36. The first-order chi connectivity index (χ1) is 9.89. The Morgan fingerprint density at radius 3 is 2.90 bits per heavy atom. The van der Waals surface area contributed by atoms with Crippen LogP contribution in [0.25, 0.3) is 0 Å². The van der Waals surface area contributed by atoms with Crippen molar-refractivity contribution in [1.29, 1.82) is 0 Å². The van der Waals surface area contributed by atoms with Crippen LogP contribution in [0.4, 0.5) is 5.69 Å². The second-order valence-electron chi connectivity index (χ2n) is 5.74. The van der Waals surface area contributed by atoms with Crippen LogP contribution in [0.1, 0.15) is 26.7 Å². The van der Waals surface area contributed by atoms with Gasteiger partial charge < -0.3 is 20.5 Å². The van der Waals surface area contributed by atoms with E-state index in [9.17, 15) is 0 Å². The molecule has 1 aliphatic heterocycles. The summed E-state index contributed by atoms with van der Waals surface area (Å²) in [5.74, 6) is 0.976. The Labute approximate surface area is 130 Å². The minimum absolute atomic E-state index is 0.0497. The van der Waals surface area contributed by atoms with Gasteiger partial charge in [0.05, 0.1) is 30.4 Å². The maximum Gasteiger partial charge on any atom is 0.193 e. The van der Waals surface area contributed by atoms with Gasteiger partial charge >= 0.3 is 0 Å². The first kappa shape index (κ1) is 15.9. The van der Waals surface area contributed by atoms with E-state index in [-0.39, 0.29) is 11.7 Å². The van der Waals surface area contributed by atoms with Crippen molar-refractivity contribution < 1.29 is 9.47 Å². The fourth-order valence-electron chi connectivity index (χ4n) is 2.34. The van der Waals surface area contributed by atoms with Crippen LogP contribution in [0, 0.1) is 0 Å². The van der Waals surface area contributed by atoms with Crippen LogP contribution in [-0.4, -0.2) is 31.3 Å². The minimum atomic E-state index is -0.0497. The molecule has 2 rings (SSSR count). The lowest BCUT2D eigenvalue weighted by Crippen LogP contribution is -2.26. The Kier molecular flexibility index (Phi) is 4.96. The number of ether oxygens (including phenoxy) is 2. The van der Waals surface area contributed by atoms with Crippen LogP contribution in [0.15, 0.2) is 23.2 Å². The van der Waals surface area contributed by atoms with Gasteiger partial charge in [-0.15, -0.1) is 0 Å². The average molecular weight is 312 g/mol. The number of halogens is 1. The number of guanidine groups is 1. The number of hydrogen-bond donors (Lipinski definition) is 2. The highest BCUT2D eigenvalue weighted by molar-refractivity contribution is 6.32. The van der Waals surface area contributed by atoms with Gasteiger partial charge in [0.25, 0.3) is 0 Å². The normalized spacial score (nSPS) is 21.3. The first-order valence-corrected chi connectivity index (χ1v) is 7.36. The molecule has 21 heavy (non-hydrogen) atoms. The maximum atomic E-state index is 6.06. The molecule has 116 valence electrons. The summed E-state index contributed by atoms with van der Waals surface area (Å²) in [5.41, 5.74) is 6.60. The molecule has 1 saturated heterocycles. The van der Waals surface area contributed by atoms with E-state index in [1.165, 1.54) is 0 Å². The van der Waals surface area contributed by atoms with Crippen LogP contribution in [-0.2, 0) is 4.74 Å². The first-order valence-electron chi connectivity index (χ1n) is 6.98. The highest BCUT2D eigenvalue weighted by atomic mass is 35.5. The third kappa shape index (κ3) is 4.51. The number of hydrogen-bond acceptors (Lipinski definition) is 3. The average Bonchev–Trinajstić information content (AvgIpc) is 2.76. The molecule has 0 aromatic heterocycles. The van der Waals surface area contributed by atoms with Gasteiger partial charge in [-0.1, -0.05) is 11.6 Å². The van der Waals surface area contributed by atoms with Crippen molar-refractivity contribution in [2.24, 2.45) is 10.7 Å². The molecule has 0 radical (unpaired) electrons. The number of anilines is 1. The SMILES string of the molecule is COc1ccc(NC(N)=NCC2CCC(C)(C)O2)cc1Cl. The van der Waals surface area contributed by atoms with E-state index in [1.807, 2.05) is 6.07 Å². The predicted molar refractivity (Wildman–Crippen MR) is 86.3 cm³/mol. The van der Waals surface area contributed by atoms with Gasteiger partial charge in [-0.2, -0.15) is 0 Å². The molecule has 1 aromatic rings. The van der Waals surface area contributed by atoms with Crippen molar-refractivity contribution in [3.63, 3.8) is 0 Å². The highest BCUT2D eigenvalue weighted by Crippen LogP contribution is 2.29. The predicted octanol–water partition coefficient (Wildman–Crippen LogP) is 3.03. The second kappa shape index (κ2) is 6.54. The molecule has 0 aliphatic carbocycles. The summed E-state index contributed by atoms with van der Waals surface area (Å²) in [4.78, 5) is 4.32. The number of nitrogens with one attached hydrogen (secondary N) is 1. The minimum Gasteiger partial charge on any atom is -0.495 e. The number of benzene rings is 1. The molecule has 0 spiro atoms. The summed E-state index contributed by atoms with van der Waals surface area (Å²) in [5, 5.41) is 3.54. The molecule has 0 bridgehead atoms. The Balaban J connectivity index is 1.90. The standard InChI is InChI=1S/C15H22ClN3O2/c1-15(2)7-6-11(21-15)9-18-14(17)19-10-4-5-13(20-3)12(16)8-10/h4-5,8,11H,6-7,9H2,1-3H3,(H3,17,18,19). The lowest BCUT2D eigenvalue weighted by Gasteiger charge is -2.18. The van der Waals surface area contributed by atoms with E-state index < -0.39 is 0 Å². The van der Waals surface area contributed by atoms with Gasteiger partial charge in [0, 0.05) is 5.69 Å². The number of rotatable bonds is 4. The zero-order valence-electron chi connectivity index (χ0n) is 12.6. The molecule has 1 atom stereocenters. The molecular formula is C15H22ClN3O2. The van der Waals surface area contributed by atoms with Crippen molar-refractivity contribution >= 4 is 23.2 Å². The van der Waals surface area contributed by atoms with Crippen molar-refractivity contribution in [3.8, 4) is 5.75 Å². The van der Waals surface area contributed by atoms with E-state index in [4.69, 9.17) is 26.8 Å². The molecule has 3 N–H and O–H groups in total. The van der Waals surface area contributed by atoms with E-state index >= 15 is 0 Å². The Hall–Kier alpha value is -1.46. The smallest absolute Gasteiger partial charge is 0.193 e. The Bertz CT molecular complexity index is 532. The molecule has 5 nitrogen and oxygen atoms in total. The largest absolute Gasteiger partial charge is 0.495 e. The summed E-state index contributed by atoms with van der Waals surface area (Å²) >= 11 is 6.06. The topological polar surface area (TPSA) is 68.9 Å². The van der Waals surface area contributed by atoms with Crippen molar-refractivity contribution in [1.82, 2.24) is 0 Å². The van der Waals surface area contributed by atoms with E-state index in [2.05, 4.69) is 24.2 Å². The van der Waals surface area contributed by atoms with Crippen molar-refractivity contribution in [3.05, 3.63) is 23.2 Å². The van der Waals surface area contributed by atoms with Crippen LogP contribution >= 0.6 is 11.6 Å². The van der Waals surface area contributed by atoms with E-state index in [1.54, 1.807) is 19.2 Å². The van der Waals surface area contributed by atoms with Crippen molar-refractivity contribution in [2.75, 3.05) is 19.0 Å². The molecule has 1 unspecified atom stereocenters. The van der Waals surface area contributed by atoms with Gasteiger partial charge in [0.15, 0.2) is 5.96 Å². The maximum absolute atomic E-state index is 6.06. The number of aliphatic imine (C=N–C) groups is 1. The van der Waals surface area contributed by atoms with Gasteiger partial charge in [0.2, 0.25) is 0 Å². The molecule has 1 heterocycles.